The van der Waals surface area contributed by atoms with Crippen LogP contribution in [0.1, 0.15) is 32.6 Å². The molecule has 0 radical (unpaired) electrons. The molecule has 0 bridgehead atoms. The van der Waals surface area contributed by atoms with Crippen LogP contribution in [0, 0.1) is 0 Å². The van der Waals surface area contributed by atoms with E-state index in [0.29, 0.717) is 11.4 Å². The Morgan fingerprint density at radius 1 is 1.40 bits per heavy atom. The predicted molar refractivity (Wildman–Crippen MR) is 95.4 cm³/mol. The molecule has 0 aliphatic carbocycles. The summed E-state index contributed by atoms with van der Waals surface area (Å²) in [5.41, 5.74) is 0.335. The molecule has 0 aliphatic rings. The number of carbonyl (C=O) groups is 1. The average Bonchev–Trinajstić information content (AvgIpc) is 3.22. The van der Waals surface area contributed by atoms with Gasteiger partial charge in [-0.05, 0) is 51.1 Å². The Bertz CT molecular complexity index is 866. The summed E-state index contributed by atoms with van der Waals surface area (Å²) < 4.78 is 7.10. The lowest BCUT2D eigenvalue weighted by atomic mass is 10.0. The van der Waals surface area contributed by atoms with Crippen molar-refractivity contribution in [2.75, 3.05) is 11.9 Å². The number of amides is 2. The van der Waals surface area contributed by atoms with Gasteiger partial charge in [0.2, 0.25) is 0 Å². The summed E-state index contributed by atoms with van der Waals surface area (Å²) in [6, 6.07) is 8.80. The minimum Gasteiger partial charge on any atom is -0.466 e. The van der Waals surface area contributed by atoms with Gasteiger partial charge in [0.1, 0.15) is 11.4 Å². The Morgan fingerprint density at radius 2 is 2.20 bits per heavy atom. The van der Waals surface area contributed by atoms with Crippen molar-refractivity contribution in [2.24, 2.45) is 0 Å². The van der Waals surface area contributed by atoms with Crippen molar-refractivity contribution in [1.82, 2.24) is 15.1 Å². The molecule has 25 heavy (non-hydrogen) atoms. The van der Waals surface area contributed by atoms with Gasteiger partial charge in [-0.3, -0.25) is 4.68 Å². The normalized spacial score (nSPS) is 13.8. The van der Waals surface area contributed by atoms with Gasteiger partial charge in [0.25, 0.3) is 0 Å². The first-order chi connectivity index (χ1) is 11.9. The van der Waals surface area contributed by atoms with Gasteiger partial charge in [-0.15, -0.1) is 0 Å². The number of aliphatic hydroxyl groups is 1. The van der Waals surface area contributed by atoms with Crippen molar-refractivity contribution in [3.8, 4) is 0 Å². The number of nitrogens with one attached hydrogen (secondary N) is 2. The summed E-state index contributed by atoms with van der Waals surface area (Å²) >= 11 is 0. The van der Waals surface area contributed by atoms with Gasteiger partial charge in [-0.25, -0.2) is 4.79 Å². The minimum atomic E-state index is -1.28. The third-order valence-electron chi connectivity index (χ3n) is 3.99. The molecule has 1 aromatic carbocycles. The highest BCUT2D eigenvalue weighted by molar-refractivity contribution is 5.92. The van der Waals surface area contributed by atoms with E-state index in [1.807, 2.05) is 22.9 Å². The third-order valence-corrected chi connectivity index (χ3v) is 3.99. The van der Waals surface area contributed by atoms with Gasteiger partial charge in [0.05, 0.1) is 24.5 Å². The van der Waals surface area contributed by atoms with Crippen LogP contribution in [0.3, 0.4) is 0 Å². The zero-order chi connectivity index (χ0) is 18.0. The van der Waals surface area contributed by atoms with E-state index in [2.05, 4.69) is 29.6 Å². The van der Waals surface area contributed by atoms with E-state index in [1.165, 1.54) is 6.26 Å². The molecule has 132 valence electrons. The van der Waals surface area contributed by atoms with E-state index >= 15 is 0 Å². The number of nitrogens with zero attached hydrogens (tertiary/aromatic N) is 2. The van der Waals surface area contributed by atoms with E-state index in [1.54, 1.807) is 25.3 Å². The van der Waals surface area contributed by atoms with Crippen molar-refractivity contribution in [2.45, 2.75) is 32.4 Å². The number of fused-ring (bicyclic) bond motifs is 1. The molecule has 0 spiro atoms. The van der Waals surface area contributed by atoms with Crippen LogP contribution in [0.15, 0.2) is 47.2 Å². The molecule has 7 heteroatoms. The molecule has 0 saturated heterocycles. The molecule has 3 N–H and O–H groups in total. The highest BCUT2D eigenvalue weighted by atomic mass is 16.4. The predicted octanol–water partition coefficient (Wildman–Crippen LogP) is 3.24. The van der Waals surface area contributed by atoms with Crippen LogP contribution in [-0.4, -0.2) is 27.5 Å². The van der Waals surface area contributed by atoms with Crippen molar-refractivity contribution >= 4 is 22.6 Å². The molecular weight excluding hydrogens is 320 g/mol. The summed E-state index contributed by atoms with van der Waals surface area (Å²) in [6.45, 7) is 5.71. The highest BCUT2D eigenvalue weighted by Crippen LogP contribution is 2.22. The molecule has 0 fully saturated rings. The summed E-state index contributed by atoms with van der Waals surface area (Å²) in [6.07, 6.45) is 3.29. The molecule has 0 aliphatic heterocycles. The van der Waals surface area contributed by atoms with Crippen molar-refractivity contribution in [1.29, 1.82) is 0 Å². The first-order valence-corrected chi connectivity index (χ1v) is 8.15. The number of hydrogen-bond donors (Lipinski definition) is 3. The van der Waals surface area contributed by atoms with Crippen molar-refractivity contribution in [3.05, 3.63) is 48.6 Å². The fourth-order valence-electron chi connectivity index (χ4n) is 2.63. The Morgan fingerprint density at radius 3 is 2.88 bits per heavy atom. The molecule has 7 nitrogen and oxygen atoms in total. The largest absolute Gasteiger partial charge is 0.466 e. The summed E-state index contributed by atoms with van der Waals surface area (Å²) in [7, 11) is 0. The molecule has 3 rings (SSSR count). The number of urea groups is 1. The molecule has 2 aromatic heterocycles. The van der Waals surface area contributed by atoms with Crippen LogP contribution < -0.4 is 10.6 Å². The fraction of sp³-hybridized carbons (Fsp3) is 0.333. The molecule has 0 unspecified atom stereocenters. The van der Waals surface area contributed by atoms with E-state index in [-0.39, 0.29) is 12.6 Å². The molecule has 2 amide bonds. The van der Waals surface area contributed by atoms with Crippen LogP contribution in [0.2, 0.25) is 0 Å². The lowest BCUT2D eigenvalue weighted by Gasteiger charge is -2.21. The van der Waals surface area contributed by atoms with E-state index in [0.717, 1.165) is 10.9 Å². The fourth-order valence-corrected chi connectivity index (χ4v) is 2.63. The maximum Gasteiger partial charge on any atom is 0.319 e. The lowest BCUT2D eigenvalue weighted by molar-refractivity contribution is 0.0372. The maximum atomic E-state index is 12.1. The van der Waals surface area contributed by atoms with Crippen LogP contribution in [0.5, 0.6) is 0 Å². The number of hydrogen-bond acceptors (Lipinski definition) is 4. The van der Waals surface area contributed by atoms with Gasteiger partial charge >= 0.3 is 6.03 Å². The van der Waals surface area contributed by atoms with Gasteiger partial charge in [-0.2, -0.15) is 5.10 Å². The van der Waals surface area contributed by atoms with Crippen LogP contribution in [0.4, 0.5) is 10.5 Å². The number of benzene rings is 1. The average molecular weight is 342 g/mol. The highest BCUT2D eigenvalue weighted by Gasteiger charge is 2.26. The van der Waals surface area contributed by atoms with Gasteiger partial charge in [-0.1, -0.05) is 0 Å². The van der Waals surface area contributed by atoms with E-state index < -0.39 is 11.6 Å². The monoisotopic (exact) mass is 342 g/mol. The summed E-state index contributed by atoms with van der Waals surface area (Å²) in [5, 5.41) is 21.2. The second-order valence-corrected chi connectivity index (χ2v) is 6.52. The first-order valence-electron chi connectivity index (χ1n) is 8.15. The summed E-state index contributed by atoms with van der Waals surface area (Å²) in [5.74, 6) is 0.398. The van der Waals surface area contributed by atoms with Gasteiger partial charge < -0.3 is 20.2 Å². The Labute approximate surface area is 145 Å². The standard InChI is InChI=1S/C18H22N4O3/c1-12(2)22-15-9-14(7-6-13(15)10-20-22)21-17(23)19-11-18(3,24)16-5-4-8-25-16/h4-10,12,24H,11H2,1-3H3,(H2,19,21,23)/t18-/m1/s1. The van der Waals surface area contributed by atoms with E-state index in [4.69, 9.17) is 4.42 Å². The number of aromatic nitrogens is 2. The second kappa shape index (κ2) is 6.60. The molecule has 2 heterocycles. The smallest absolute Gasteiger partial charge is 0.319 e. The minimum absolute atomic E-state index is 0.0263. The Hall–Kier alpha value is -2.80. The van der Waals surface area contributed by atoms with Gasteiger partial charge in [0.15, 0.2) is 0 Å². The number of carbonyl (C=O) groups excluding carboxylic acids is 1. The lowest BCUT2D eigenvalue weighted by Crippen LogP contribution is -2.40. The summed E-state index contributed by atoms with van der Waals surface area (Å²) in [4.78, 5) is 12.1. The first kappa shape index (κ1) is 17.0. The molecule has 0 saturated carbocycles. The molecule has 3 aromatic rings. The van der Waals surface area contributed by atoms with Gasteiger partial charge in [0, 0.05) is 17.1 Å². The number of anilines is 1. The van der Waals surface area contributed by atoms with Crippen LogP contribution in [-0.2, 0) is 5.60 Å². The zero-order valence-electron chi connectivity index (χ0n) is 14.5. The maximum absolute atomic E-state index is 12.1. The van der Waals surface area contributed by atoms with Crippen molar-refractivity contribution in [3.63, 3.8) is 0 Å². The Kier molecular flexibility index (Phi) is 4.50. The molecule has 1 atom stereocenters. The number of rotatable bonds is 5. The zero-order valence-corrected chi connectivity index (χ0v) is 14.5. The third kappa shape index (κ3) is 3.66. The van der Waals surface area contributed by atoms with Crippen LogP contribution >= 0.6 is 0 Å². The topological polar surface area (TPSA) is 92.3 Å². The van der Waals surface area contributed by atoms with E-state index in [9.17, 15) is 9.90 Å². The molecular formula is C18H22N4O3. The number of furan rings is 1. The quantitative estimate of drug-likeness (QED) is 0.664. The second-order valence-electron chi connectivity index (χ2n) is 6.52. The van der Waals surface area contributed by atoms with Crippen molar-refractivity contribution < 1.29 is 14.3 Å². The Balaban J connectivity index is 1.67. The SMILES string of the molecule is CC(C)n1ncc2ccc(NC(=O)NC[C@@](C)(O)c3ccco3)cc21. The van der Waals surface area contributed by atoms with Crippen LogP contribution in [0.25, 0.3) is 10.9 Å².